The normalized spacial score (nSPS) is 11.1. The first-order valence-corrected chi connectivity index (χ1v) is 4.79. The molecule has 17 heavy (non-hydrogen) atoms. The number of aldehydes is 1. The number of methoxy groups -OCH3 is 1. The molecule has 0 fully saturated rings. The first-order chi connectivity index (χ1) is 7.91. The standard InChI is InChI=1S/C9H7ClF3NO3/c1-16-8-5(4-15)2-7(6(3-10)14-8)17-9(11,12)13/h2,4H,3H2,1H3. The van der Waals surface area contributed by atoms with E-state index in [0.717, 1.165) is 6.07 Å². The Kier molecular flexibility index (Phi) is 4.17. The maximum absolute atomic E-state index is 12.1. The number of hydrogen-bond acceptors (Lipinski definition) is 4. The fourth-order valence-electron chi connectivity index (χ4n) is 1.09. The number of alkyl halides is 4. The molecule has 1 heterocycles. The number of hydrogen-bond donors (Lipinski definition) is 0. The Morgan fingerprint density at radius 3 is 2.59 bits per heavy atom. The van der Waals surface area contributed by atoms with Crippen molar-refractivity contribution in [3.05, 3.63) is 17.3 Å². The molecule has 0 atom stereocenters. The molecule has 0 saturated carbocycles. The van der Waals surface area contributed by atoms with Crippen LogP contribution in [0.3, 0.4) is 0 Å². The molecule has 0 aliphatic rings. The van der Waals surface area contributed by atoms with Crippen molar-refractivity contribution >= 4 is 17.9 Å². The number of ether oxygens (including phenoxy) is 2. The van der Waals surface area contributed by atoms with E-state index in [1.807, 2.05) is 0 Å². The van der Waals surface area contributed by atoms with E-state index in [4.69, 9.17) is 16.3 Å². The smallest absolute Gasteiger partial charge is 0.480 e. The summed E-state index contributed by atoms with van der Waals surface area (Å²) in [7, 11) is 1.23. The van der Waals surface area contributed by atoms with Gasteiger partial charge in [-0.2, -0.15) is 0 Å². The Hall–Kier alpha value is -1.50. The minimum Gasteiger partial charge on any atom is -0.480 e. The second-order valence-corrected chi connectivity index (χ2v) is 3.10. The van der Waals surface area contributed by atoms with E-state index >= 15 is 0 Å². The van der Waals surface area contributed by atoms with E-state index in [0.29, 0.717) is 6.29 Å². The van der Waals surface area contributed by atoms with Gasteiger partial charge in [0.2, 0.25) is 5.88 Å². The van der Waals surface area contributed by atoms with Crippen molar-refractivity contribution in [2.75, 3.05) is 7.11 Å². The van der Waals surface area contributed by atoms with Gasteiger partial charge < -0.3 is 9.47 Å². The maximum Gasteiger partial charge on any atom is 0.573 e. The predicted molar refractivity (Wildman–Crippen MR) is 52.4 cm³/mol. The Labute approximate surface area is 99.3 Å². The molecule has 0 aliphatic heterocycles. The van der Waals surface area contributed by atoms with Gasteiger partial charge in [0.1, 0.15) is 5.69 Å². The minimum absolute atomic E-state index is 0.106. The topological polar surface area (TPSA) is 48.4 Å². The average molecular weight is 270 g/mol. The van der Waals surface area contributed by atoms with Crippen LogP contribution in [0.4, 0.5) is 13.2 Å². The van der Waals surface area contributed by atoms with E-state index in [2.05, 4.69) is 9.72 Å². The van der Waals surface area contributed by atoms with Crippen LogP contribution in [0.15, 0.2) is 6.07 Å². The van der Waals surface area contributed by atoms with Crippen LogP contribution in [0.5, 0.6) is 11.6 Å². The van der Waals surface area contributed by atoms with E-state index in [9.17, 15) is 18.0 Å². The average Bonchev–Trinajstić information content (AvgIpc) is 2.26. The zero-order valence-corrected chi connectivity index (χ0v) is 9.30. The van der Waals surface area contributed by atoms with Crippen molar-refractivity contribution < 1.29 is 27.4 Å². The molecule has 1 aromatic rings. The molecular weight excluding hydrogens is 263 g/mol. The Morgan fingerprint density at radius 1 is 1.53 bits per heavy atom. The SMILES string of the molecule is COc1nc(CCl)c(OC(F)(F)F)cc1C=O. The number of halogens is 4. The van der Waals surface area contributed by atoms with Crippen molar-refractivity contribution in [3.8, 4) is 11.6 Å². The number of carbonyl (C=O) groups is 1. The quantitative estimate of drug-likeness (QED) is 0.622. The van der Waals surface area contributed by atoms with E-state index in [1.54, 1.807) is 0 Å². The molecule has 0 N–H and O–H groups in total. The van der Waals surface area contributed by atoms with Crippen molar-refractivity contribution in [3.63, 3.8) is 0 Å². The lowest BCUT2D eigenvalue weighted by atomic mass is 10.2. The van der Waals surface area contributed by atoms with Crippen molar-refractivity contribution in [2.45, 2.75) is 12.2 Å². The van der Waals surface area contributed by atoms with Gasteiger partial charge >= 0.3 is 6.36 Å². The van der Waals surface area contributed by atoms with Gasteiger partial charge in [0.15, 0.2) is 12.0 Å². The third-order valence-corrected chi connectivity index (χ3v) is 1.98. The highest BCUT2D eigenvalue weighted by Crippen LogP contribution is 2.30. The first-order valence-electron chi connectivity index (χ1n) is 4.26. The van der Waals surface area contributed by atoms with Gasteiger partial charge in [-0.05, 0) is 6.07 Å². The van der Waals surface area contributed by atoms with E-state index in [-0.39, 0.29) is 23.0 Å². The van der Waals surface area contributed by atoms with E-state index < -0.39 is 12.1 Å². The molecule has 0 saturated heterocycles. The molecule has 8 heteroatoms. The summed E-state index contributed by atoms with van der Waals surface area (Å²) in [5.41, 5.74) is -0.313. The molecule has 0 unspecified atom stereocenters. The zero-order valence-electron chi connectivity index (χ0n) is 8.55. The van der Waals surface area contributed by atoms with E-state index in [1.165, 1.54) is 7.11 Å². The number of pyridine rings is 1. The van der Waals surface area contributed by atoms with Crippen LogP contribution in [0.2, 0.25) is 0 Å². The molecule has 0 radical (unpaired) electrons. The summed E-state index contributed by atoms with van der Waals surface area (Å²) in [5.74, 6) is -1.03. The van der Waals surface area contributed by atoms with Crippen LogP contribution in [0, 0.1) is 0 Å². The monoisotopic (exact) mass is 269 g/mol. The molecule has 1 aromatic heterocycles. The highest BCUT2D eigenvalue weighted by Gasteiger charge is 2.33. The van der Waals surface area contributed by atoms with Crippen LogP contribution in [-0.2, 0) is 5.88 Å². The molecule has 0 aliphatic carbocycles. The lowest BCUT2D eigenvalue weighted by Gasteiger charge is -2.13. The van der Waals surface area contributed by atoms with Crippen LogP contribution in [-0.4, -0.2) is 24.7 Å². The lowest BCUT2D eigenvalue weighted by molar-refractivity contribution is -0.275. The molecule has 0 aromatic carbocycles. The van der Waals surface area contributed by atoms with Crippen LogP contribution in [0.1, 0.15) is 16.1 Å². The largest absolute Gasteiger partial charge is 0.573 e. The zero-order chi connectivity index (χ0) is 13.1. The summed E-state index contributed by atoms with van der Waals surface area (Å²) >= 11 is 5.43. The van der Waals surface area contributed by atoms with Gasteiger partial charge in [0.25, 0.3) is 0 Å². The molecule has 4 nitrogen and oxygen atoms in total. The predicted octanol–water partition coefficient (Wildman–Crippen LogP) is 2.54. The summed E-state index contributed by atoms with van der Waals surface area (Å²) in [6.07, 6.45) is -4.57. The van der Waals surface area contributed by atoms with Crippen LogP contribution in [0.25, 0.3) is 0 Å². The fraction of sp³-hybridized carbons (Fsp3) is 0.333. The summed E-state index contributed by atoms with van der Waals surface area (Å²) in [6, 6.07) is 0.879. The Balaban J connectivity index is 3.24. The summed E-state index contributed by atoms with van der Waals surface area (Å²) < 4.78 is 44.6. The first kappa shape index (κ1) is 13.6. The minimum atomic E-state index is -4.88. The lowest BCUT2D eigenvalue weighted by Crippen LogP contribution is -2.18. The van der Waals surface area contributed by atoms with Gasteiger partial charge in [0, 0.05) is 0 Å². The number of nitrogens with zero attached hydrogens (tertiary/aromatic N) is 1. The highest BCUT2D eigenvalue weighted by atomic mass is 35.5. The van der Waals surface area contributed by atoms with Gasteiger partial charge in [-0.1, -0.05) is 0 Å². The molecule has 0 spiro atoms. The molecular formula is C9H7ClF3NO3. The van der Waals surface area contributed by atoms with Gasteiger partial charge in [-0.15, -0.1) is 24.8 Å². The summed E-state index contributed by atoms with van der Waals surface area (Å²) in [4.78, 5) is 14.3. The van der Waals surface area contributed by atoms with Crippen LogP contribution < -0.4 is 9.47 Å². The summed E-state index contributed by atoms with van der Waals surface area (Å²) in [5, 5.41) is 0. The van der Waals surface area contributed by atoms with Crippen molar-refractivity contribution in [1.82, 2.24) is 4.98 Å². The number of aromatic nitrogens is 1. The molecule has 0 amide bonds. The number of rotatable bonds is 4. The third kappa shape index (κ3) is 3.48. The molecule has 94 valence electrons. The third-order valence-electron chi connectivity index (χ3n) is 1.73. The Morgan fingerprint density at radius 2 is 2.18 bits per heavy atom. The van der Waals surface area contributed by atoms with Gasteiger partial charge in [-0.25, -0.2) is 4.98 Å². The molecule has 1 rings (SSSR count). The van der Waals surface area contributed by atoms with Gasteiger partial charge in [0.05, 0.1) is 18.6 Å². The molecule has 0 bridgehead atoms. The second-order valence-electron chi connectivity index (χ2n) is 2.83. The fourth-order valence-corrected chi connectivity index (χ4v) is 1.28. The van der Waals surface area contributed by atoms with Crippen LogP contribution >= 0.6 is 11.6 Å². The van der Waals surface area contributed by atoms with Crippen molar-refractivity contribution in [2.24, 2.45) is 0 Å². The maximum atomic E-state index is 12.1. The highest BCUT2D eigenvalue weighted by molar-refractivity contribution is 6.17. The van der Waals surface area contributed by atoms with Crippen molar-refractivity contribution in [1.29, 1.82) is 0 Å². The number of carbonyl (C=O) groups excluding carboxylic acids is 1. The second kappa shape index (κ2) is 5.22. The van der Waals surface area contributed by atoms with Gasteiger partial charge in [-0.3, -0.25) is 4.79 Å². The summed E-state index contributed by atoms with van der Waals surface area (Å²) in [6.45, 7) is 0. The Bertz CT molecular complexity index is 423.